The first kappa shape index (κ1) is 47.1. The smallest absolute Gasteiger partial charge is 0.493 e. The molecule has 0 aliphatic heterocycles. The summed E-state index contributed by atoms with van der Waals surface area (Å²) in [5.74, 6) is -7.67. The fourth-order valence-electron chi connectivity index (χ4n) is 5.96. The highest BCUT2D eigenvalue weighted by molar-refractivity contribution is 7.46. The van der Waals surface area contributed by atoms with Gasteiger partial charge in [0.05, 0.1) is 37.2 Å². The Morgan fingerprint density at radius 3 is 2.27 bits per heavy atom. The maximum Gasteiger partial charge on any atom is 0.524 e. The number of aliphatic carboxylic acids is 2. The van der Waals surface area contributed by atoms with Gasteiger partial charge in [0, 0.05) is 5.56 Å². The zero-order valence-electron chi connectivity index (χ0n) is 32.7. The normalized spacial score (nSPS) is 12.6. The number of benzene rings is 2. The largest absolute Gasteiger partial charge is 0.524 e. The highest BCUT2D eigenvalue weighted by Crippen LogP contribution is 2.40. The van der Waals surface area contributed by atoms with Crippen LogP contribution in [0, 0.1) is 12.8 Å². The Hall–Kier alpha value is -6.24. The molecule has 3 rings (SSSR count). The Kier molecular flexibility index (Phi) is 17.6. The highest BCUT2D eigenvalue weighted by atomic mass is 31.2. The van der Waals surface area contributed by atoms with E-state index in [-0.39, 0.29) is 66.5 Å². The monoisotopic (exact) mass is 846 g/mol. The van der Waals surface area contributed by atoms with Crippen molar-refractivity contribution in [1.82, 2.24) is 21.0 Å². The molecule has 0 aliphatic carbocycles. The molecule has 0 aliphatic rings. The minimum atomic E-state index is -5.08. The van der Waals surface area contributed by atoms with Gasteiger partial charge in [0.2, 0.25) is 12.3 Å². The fourth-order valence-corrected chi connectivity index (χ4v) is 6.37. The SMILES string of the molecule is CCCCCC(C(=O)NCNC(=O)c1ccc(-c2ccc(C(=O)NC(CC(=O)O)C(=O)O)c(OCC)c2)o1)C(CC)N(C=O)OC(=O)c1c(C)cccc1OP(=O)(O)O. The fraction of sp³-hybridized carbons (Fsp3) is 0.395. The molecule has 2 aromatic carbocycles. The summed E-state index contributed by atoms with van der Waals surface area (Å²) in [5, 5.41) is 26.3. The summed E-state index contributed by atoms with van der Waals surface area (Å²) in [6.07, 6.45) is 1.89. The molecule has 1 aromatic heterocycles. The Bertz CT molecular complexity index is 2050. The van der Waals surface area contributed by atoms with Gasteiger partial charge in [0.15, 0.2) is 5.76 Å². The summed E-state index contributed by atoms with van der Waals surface area (Å²) < 4.78 is 27.5. The Morgan fingerprint density at radius 2 is 1.66 bits per heavy atom. The molecule has 4 amide bonds. The van der Waals surface area contributed by atoms with E-state index in [0.717, 1.165) is 18.9 Å². The number of phosphoric acid groups is 1. The molecule has 7 N–H and O–H groups in total. The molecule has 0 saturated carbocycles. The van der Waals surface area contributed by atoms with Gasteiger partial charge in [-0.15, -0.1) is 0 Å². The first-order chi connectivity index (χ1) is 27.9. The van der Waals surface area contributed by atoms with E-state index < -0.39 is 73.6 Å². The molecular formula is C38H47N4O16P. The van der Waals surface area contributed by atoms with Gasteiger partial charge in [-0.25, -0.2) is 14.2 Å². The second kappa shape index (κ2) is 22.1. The second-order valence-electron chi connectivity index (χ2n) is 12.9. The van der Waals surface area contributed by atoms with Crippen molar-refractivity contribution in [3.05, 3.63) is 71.0 Å². The number of phosphoric ester groups is 1. The number of nitrogens with one attached hydrogen (secondary N) is 3. The third-order valence-electron chi connectivity index (χ3n) is 8.75. The molecule has 59 heavy (non-hydrogen) atoms. The predicted octanol–water partition coefficient (Wildman–Crippen LogP) is 3.79. The van der Waals surface area contributed by atoms with Gasteiger partial charge >= 0.3 is 25.7 Å². The number of carbonyl (C=O) groups excluding carboxylic acids is 5. The molecule has 20 nitrogen and oxygen atoms in total. The lowest BCUT2D eigenvalue weighted by Gasteiger charge is -2.32. The number of amides is 4. The van der Waals surface area contributed by atoms with Crippen molar-refractivity contribution in [2.24, 2.45) is 5.92 Å². The Labute approximate surface area is 338 Å². The van der Waals surface area contributed by atoms with Gasteiger partial charge in [0.1, 0.15) is 28.9 Å². The van der Waals surface area contributed by atoms with Gasteiger partial charge in [-0.3, -0.25) is 33.8 Å². The summed E-state index contributed by atoms with van der Waals surface area (Å²) in [7, 11) is -5.08. The van der Waals surface area contributed by atoms with E-state index in [2.05, 4.69) is 20.5 Å². The van der Waals surface area contributed by atoms with E-state index in [1.807, 2.05) is 6.92 Å². The number of carboxylic acid groups (broad SMARTS) is 2. The number of hydrogen-bond donors (Lipinski definition) is 7. The van der Waals surface area contributed by atoms with Gasteiger partial charge < -0.3 is 44.7 Å². The molecule has 0 radical (unpaired) electrons. The number of carboxylic acids is 2. The number of unbranched alkanes of at least 4 members (excludes halogenated alkanes) is 2. The van der Waals surface area contributed by atoms with Crippen LogP contribution in [-0.2, 0) is 28.6 Å². The van der Waals surface area contributed by atoms with Crippen LogP contribution in [0.2, 0.25) is 0 Å². The van der Waals surface area contributed by atoms with E-state index in [9.17, 15) is 53.0 Å². The third-order valence-corrected chi connectivity index (χ3v) is 9.18. The van der Waals surface area contributed by atoms with Crippen LogP contribution in [-0.4, -0.2) is 92.5 Å². The topological polar surface area (TPSA) is 298 Å². The summed E-state index contributed by atoms with van der Waals surface area (Å²) in [5.41, 5.74) is 0.186. The van der Waals surface area contributed by atoms with E-state index in [4.69, 9.17) is 19.1 Å². The lowest BCUT2D eigenvalue weighted by molar-refractivity contribution is -0.171. The molecule has 0 fully saturated rings. The van der Waals surface area contributed by atoms with Crippen LogP contribution in [0.4, 0.5) is 0 Å². The quantitative estimate of drug-likeness (QED) is 0.0222. The third kappa shape index (κ3) is 13.7. The van der Waals surface area contributed by atoms with Gasteiger partial charge in [-0.2, -0.15) is 5.06 Å². The summed E-state index contributed by atoms with van der Waals surface area (Å²) in [4.78, 5) is 112. The number of nitrogens with zero attached hydrogens (tertiary/aromatic N) is 1. The number of furan rings is 1. The van der Waals surface area contributed by atoms with Crippen molar-refractivity contribution in [3.63, 3.8) is 0 Å². The zero-order chi connectivity index (χ0) is 43.9. The molecular weight excluding hydrogens is 799 g/mol. The Morgan fingerprint density at radius 1 is 0.932 bits per heavy atom. The minimum absolute atomic E-state index is 0.0303. The molecule has 0 saturated heterocycles. The number of hydrogen-bond acceptors (Lipinski definition) is 12. The van der Waals surface area contributed by atoms with Crippen LogP contribution in [0.3, 0.4) is 0 Å². The van der Waals surface area contributed by atoms with Crippen LogP contribution in [0.5, 0.6) is 11.5 Å². The van der Waals surface area contributed by atoms with E-state index in [1.165, 1.54) is 49.4 Å². The average Bonchev–Trinajstić information content (AvgIpc) is 3.67. The van der Waals surface area contributed by atoms with Crippen LogP contribution in [0.1, 0.15) is 96.1 Å². The van der Waals surface area contributed by atoms with Crippen molar-refractivity contribution < 1.29 is 76.6 Å². The lowest BCUT2D eigenvalue weighted by Crippen LogP contribution is -2.49. The molecule has 3 aromatic rings. The number of carbonyl (C=O) groups is 7. The molecule has 320 valence electrons. The number of rotatable bonds is 24. The van der Waals surface area contributed by atoms with Gasteiger partial charge in [-0.1, -0.05) is 51.3 Å². The molecule has 1 heterocycles. The number of aryl methyl sites for hydroxylation is 1. The summed E-state index contributed by atoms with van der Waals surface area (Å²) >= 11 is 0. The first-order valence-corrected chi connectivity index (χ1v) is 20.0. The number of hydroxylamine groups is 2. The van der Waals surface area contributed by atoms with Crippen molar-refractivity contribution in [2.75, 3.05) is 13.3 Å². The van der Waals surface area contributed by atoms with Crippen LogP contribution >= 0.6 is 7.82 Å². The lowest BCUT2D eigenvalue weighted by atomic mass is 9.90. The maximum atomic E-state index is 13.6. The van der Waals surface area contributed by atoms with Crippen LogP contribution < -0.4 is 25.2 Å². The van der Waals surface area contributed by atoms with Crippen LogP contribution in [0.15, 0.2) is 52.9 Å². The molecule has 21 heteroatoms. The minimum Gasteiger partial charge on any atom is -0.493 e. The Balaban J connectivity index is 1.73. The van der Waals surface area contributed by atoms with Gasteiger partial charge in [-0.05, 0) is 62.6 Å². The first-order valence-electron chi connectivity index (χ1n) is 18.4. The van der Waals surface area contributed by atoms with Crippen molar-refractivity contribution in [1.29, 1.82) is 0 Å². The molecule has 0 bridgehead atoms. The standard InChI is InChI=1S/C38H47N4O16P/c1-5-8-9-12-24(27(6-2)42(21-43)57-38(51)33-22(4)11-10-13-29(33)58-59(52,53)54)34(46)39-20-40-36(48)30-17-16-28(56-30)23-14-15-25(31(18-23)55-7-3)35(47)41-26(37(49)50)19-32(44)45/h10-11,13-18,21,24,26-27H,5-9,12,19-20H2,1-4H3,(H,39,46)(H,40,48)(H,41,47)(H,44,45)(H,49,50)(H2,52,53,54). The summed E-state index contributed by atoms with van der Waals surface area (Å²) in [6, 6.07) is 8.36. The zero-order valence-corrected chi connectivity index (χ0v) is 33.6. The van der Waals surface area contributed by atoms with E-state index >= 15 is 0 Å². The molecule has 3 atom stereocenters. The van der Waals surface area contributed by atoms with E-state index in [0.29, 0.717) is 17.0 Å². The van der Waals surface area contributed by atoms with E-state index in [1.54, 1.807) is 13.8 Å². The van der Waals surface area contributed by atoms with Crippen LogP contribution in [0.25, 0.3) is 11.3 Å². The summed E-state index contributed by atoms with van der Waals surface area (Å²) in [6.45, 7) is 6.47. The van der Waals surface area contributed by atoms with Gasteiger partial charge in [0.25, 0.3) is 11.8 Å². The maximum absolute atomic E-state index is 13.6. The van der Waals surface area contributed by atoms with Crippen molar-refractivity contribution >= 4 is 49.9 Å². The highest BCUT2D eigenvalue weighted by Gasteiger charge is 2.35. The molecule has 0 spiro atoms. The second-order valence-corrected chi connectivity index (χ2v) is 14.1. The molecule has 3 unspecified atom stereocenters. The average molecular weight is 847 g/mol. The number of ether oxygens (including phenoxy) is 1. The van der Waals surface area contributed by atoms with Crippen molar-refractivity contribution in [2.45, 2.75) is 78.3 Å². The predicted molar refractivity (Wildman–Crippen MR) is 206 cm³/mol. The van der Waals surface area contributed by atoms with Crippen molar-refractivity contribution in [3.8, 4) is 22.8 Å².